The number of esters is 4. The molecule has 0 aromatic heterocycles. The summed E-state index contributed by atoms with van der Waals surface area (Å²) in [4.78, 5) is 72.7. The second kappa shape index (κ2) is 63.5. The van der Waals surface area contributed by atoms with E-state index in [-0.39, 0.29) is 25.7 Å². The number of hydrogen-bond donors (Lipinski definition) is 3. The molecule has 0 aliphatic carbocycles. The summed E-state index contributed by atoms with van der Waals surface area (Å²) in [6, 6.07) is 0. The predicted molar refractivity (Wildman–Crippen MR) is 377 cm³/mol. The molecule has 17 nitrogen and oxygen atoms in total. The highest BCUT2D eigenvalue weighted by Crippen LogP contribution is 2.45. The first kappa shape index (κ1) is 91.1. The van der Waals surface area contributed by atoms with Crippen LogP contribution >= 0.6 is 15.6 Å². The van der Waals surface area contributed by atoms with E-state index in [1.165, 1.54) is 167 Å². The zero-order valence-corrected chi connectivity index (χ0v) is 62.7. The topological polar surface area (TPSA) is 237 Å². The van der Waals surface area contributed by atoms with Crippen LogP contribution in [0.3, 0.4) is 0 Å². The molecule has 0 rings (SSSR count). The van der Waals surface area contributed by atoms with Gasteiger partial charge in [-0.1, -0.05) is 319 Å². The van der Waals surface area contributed by atoms with E-state index < -0.39 is 97.5 Å². The molecule has 0 heterocycles. The van der Waals surface area contributed by atoms with Crippen LogP contribution in [0.5, 0.6) is 0 Å². The molecule has 19 heteroatoms. The molecule has 0 saturated carbocycles. The van der Waals surface area contributed by atoms with Crippen LogP contribution in [0.1, 0.15) is 370 Å². The number of aliphatic hydroxyl groups is 1. The standard InChI is InChI=1S/C74H144O17P2/c1-9-67(8)53-45-37-29-23-24-30-38-46-54-71(76)84-60-69(90-74(79)57-49-41-32-22-18-14-16-20-27-35-43-51-65(4)5)62-88-92(80,81)86-58-68(75)59-87-93(82,83)89-63-70(61-85-72(77)55-47-39-33-25-28-36-44-52-66(6)7)91-73(78)56-48-40-31-21-17-13-11-10-12-15-19-26-34-42-50-64(2)3/h64-70,75H,9-63H2,1-8H3,(H,80,81)(H,82,83)/t67?,68?,69-,70-/m1/s1. The number of hydrogen-bond acceptors (Lipinski definition) is 15. The number of phosphoric acid groups is 2. The number of unbranched alkanes of at least 4 members (excludes halogenated alkanes) is 36. The van der Waals surface area contributed by atoms with Crippen LogP contribution in [0, 0.1) is 23.7 Å². The molecule has 0 radical (unpaired) electrons. The molecule has 0 spiro atoms. The quantitative estimate of drug-likeness (QED) is 0.0222. The van der Waals surface area contributed by atoms with E-state index in [1.807, 2.05) is 0 Å². The fraction of sp³-hybridized carbons (Fsp3) is 0.946. The van der Waals surface area contributed by atoms with Gasteiger partial charge in [0.1, 0.15) is 19.3 Å². The highest BCUT2D eigenvalue weighted by atomic mass is 31.2. The lowest BCUT2D eigenvalue weighted by Gasteiger charge is -2.21. The maximum Gasteiger partial charge on any atom is 0.472 e. The number of aliphatic hydroxyl groups excluding tert-OH is 1. The van der Waals surface area contributed by atoms with Crippen LogP contribution in [0.15, 0.2) is 0 Å². The molecule has 0 bridgehead atoms. The van der Waals surface area contributed by atoms with Gasteiger partial charge in [0.2, 0.25) is 0 Å². The van der Waals surface area contributed by atoms with E-state index in [0.717, 1.165) is 114 Å². The molecule has 93 heavy (non-hydrogen) atoms. The summed E-state index contributed by atoms with van der Waals surface area (Å²) in [5.41, 5.74) is 0. The summed E-state index contributed by atoms with van der Waals surface area (Å²) < 4.78 is 68.4. The van der Waals surface area contributed by atoms with Crippen molar-refractivity contribution in [2.24, 2.45) is 23.7 Å². The van der Waals surface area contributed by atoms with Crippen molar-refractivity contribution in [3.05, 3.63) is 0 Å². The van der Waals surface area contributed by atoms with Gasteiger partial charge in [-0.25, -0.2) is 9.13 Å². The van der Waals surface area contributed by atoms with Gasteiger partial charge >= 0.3 is 39.5 Å². The van der Waals surface area contributed by atoms with Gasteiger partial charge < -0.3 is 33.8 Å². The van der Waals surface area contributed by atoms with E-state index in [2.05, 4.69) is 55.4 Å². The molecule has 0 aliphatic heterocycles. The minimum absolute atomic E-state index is 0.105. The first-order valence-corrected chi connectivity index (χ1v) is 41.2. The molecule has 0 amide bonds. The van der Waals surface area contributed by atoms with Gasteiger partial charge in [0.15, 0.2) is 12.2 Å². The van der Waals surface area contributed by atoms with Gasteiger partial charge in [-0.3, -0.25) is 37.3 Å². The first-order chi connectivity index (χ1) is 44.6. The molecule has 0 aromatic rings. The van der Waals surface area contributed by atoms with Crippen LogP contribution in [0.2, 0.25) is 0 Å². The van der Waals surface area contributed by atoms with E-state index in [0.29, 0.717) is 31.6 Å². The minimum Gasteiger partial charge on any atom is -0.462 e. The summed E-state index contributed by atoms with van der Waals surface area (Å²) in [7, 11) is -9.91. The van der Waals surface area contributed by atoms with Crippen LogP contribution in [0.25, 0.3) is 0 Å². The highest BCUT2D eigenvalue weighted by molar-refractivity contribution is 7.47. The van der Waals surface area contributed by atoms with Gasteiger partial charge in [0, 0.05) is 25.7 Å². The molecule has 0 fully saturated rings. The zero-order chi connectivity index (χ0) is 68.9. The average molecular weight is 1370 g/mol. The lowest BCUT2D eigenvalue weighted by atomic mass is 9.99. The lowest BCUT2D eigenvalue weighted by molar-refractivity contribution is -0.161. The average Bonchev–Trinajstić information content (AvgIpc) is 2.00. The Hall–Kier alpha value is -1.94. The SMILES string of the molecule is CCC(C)CCCCCCCCCCC(=O)OC[C@H](COP(=O)(O)OCC(O)COP(=O)(O)OC[C@@H](COC(=O)CCCCCCCCCC(C)C)OC(=O)CCCCCCCCCCCCCCCCC(C)C)OC(=O)CCCCCCCCCCCCCC(C)C. The van der Waals surface area contributed by atoms with Crippen molar-refractivity contribution in [2.45, 2.75) is 388 Å². The van der Waals surface area contributed by atoms with Gasteiger partial charge in [-0.15, -0.1) is 0 Å². The Morgan fingerprint density at radius 3 is 0.763 bits per heavy atom. The van der Waals surface area contributed by atoms with Gasteiger partial charge in [0.25, 0.3) is 0 Å². The monoisotopic (exact) mass is 1370 g/mol. The highest BCUT2D eigenvalue weighted by Gasteiger charge is 2.30. The number of carbonyl (C=O) groups is 4. The maximum absolute atomic E-state index is 13.0. The number of carbonyl (C=O) groups excluding carboxylic acids is 4. The van der Waals surface area contributed by atoms with Crippen LogP contribution in [-0.4, -0.2) is 96.7 Å². The van der Waals surface area contributed by atoms with Crippen molar-refractivity contribution in [2.75, 3.05) is 39.6 Å². The number of ether oxygens (including phenoxy) is 4. The third-order valence-electron chi connectivity index (χ3n) is 17.4. The zero-order valence-electron chi connectivity index (χ0n) is 60.9. The Balaban J connectivity index is 5.25. The van der Waals surface area contributed by atoms with Gasteiger partial charge in [-0.05, 0) is 49.4 Å². The number of phosphoric ester groups is 2. The van der Waals surface area contributed by atoms with E-state index in [1.54, 1.807) is 0 Å². The van der Waals surface area contributed by atoms with Crippen molar-refractivity contribution in [3.8, 4) is 0 Å². The van der Waals surface area contributed by atoms with Crippen molar-refractivity contribution >= 4 is 39.5 Å². The molecule has 0 aliphatic rings. The van der Waals surface area contributed by atoms with E-state index in [9.17, 15) is 43.2 Å². The maximum atomic E-state index is 13.0. The third-order valence-corrected chi connectivity index (χ3v) is 19.3. The Morgan fingerprint density at radius 1 is 0.301 bits per heavy atom. The Kier molecular flexibility index (Phi) is 62.2. The summed E-state index contributed by atoms with van der Waals surface area (Å²) >= 11 is 0. The third kappa shape index (κ3) is 67.0. The molecule has 6 atom stereocenters. The largest absolute Gasteiger partial charge is 0.472 e. The molecule has 3 N–H and O–H groups in total. The second-order valence-corrected chi connectivity index (χ2v) is 31.3. The molecule has 4 unspecified atom stereocenters. The molecule has 0 saturated heterocycles. The summed E-state index contributed by atoms with van der Waals surface area (Å²) in [5.74, 6) is 0.919. The van der Waals surface area contributed by atoms with Crippen molar-refractivity contribution in [1.82, 2.24) is 0 Å². The number of rotatable bonds is 71. The smallest absolute Gasteiger partial charge is 0.462 e. The normalized spacial score (nSPS) is 14.5. The molecular formula is C74H144O17P2. The lowest BCUT2D eigenvalue weighted by Crippen LogP contribution is -2.30. The predicted octanol–water partition coefficient (Wildman–Crippen LogP) is 21.3. The molecular weight excluding hydrogens is 1220 g/mol. The van der Waals surface area contributed by atoms with Gasteiger partial charge in [-0.2, -0.15) is 0 Å². The van der Waals surface area contributed by atoms with Crippen molar-refractivity contribution < 1.29 is 80.2 Å². The Labute approximate surface area is 568 Å². The van der Waals surface area contributed by atoms with E-state index >= 15 is 0 Å². The molecule has 552 valence electrons. The second-order valence-electron chi connectivity index (χ2n) is 28.4. The van der Waals surface area contributed by atoms with E-state index in [4.69, 9.17) is 37.0 Å². The summed E-state index contributed by atoms with van der Waals surface area (Å²) in [5, 5.41) is 10.6. The minimum atomic E-state index is -4.96. The molecule has 0 aromatic carbocycles. The van der Waals surface area contributed by atoms with Crippen LogP contribution < -0.4 is 0 Å². The fourth-order valence-electron chi connectivity index (χ4n) is 11.2. The first-order valence-electron chi connectivity index (χ1n) is 38.2. The fourth-order valence-corrected chi connectivity index (χ4v) is 12.7. The summed E-state index contributed by atoms with van der Waals surface area (Å²) in [6.45, 7) is 14.2. The van der Waals surface area contributed by atoms with Crippen LogP contribution in [0.4, 0.5) is 0 Å². The van der Waals surface area contributed by atoms with Crippen LogP contribution in [-0.2, 0) is 65.4 Å². The summed E-state index contributed by atoms with van der Waals surface area (Å²) in [6.07, 6.45) is 47.2. The van der Waals surface area contributed by atoms with Crippen molar-refractivity contribution in [3.63, 3.8) is 0 Å². The Bertz CT molecular complexity index is 1840. The van der Waals surface area contributed by atoms with Crippen molar-refractivity contribution in [1.29, 1.82) is 0 Å². The Morgan fingerprint density at radius 2 is 0.516 bits per heavy atom. The van der Waals surface area contributed by atoms with Gasteiger partial charge in [0.05, 0.1) is 26.4 Å².